The van der Waals surface area contributed by atoms with E-state index in [1.54, 1.807) is 0 Å². The summed E-state index contributed by atoms with van der Waals surface area (Å²) < 4.78 is 3.24. The Labute approximate surface area is 227 Å². The summed E-state index contributed by atoms with van der Waals surface area (Å²) in [5.74, 6) is 0.668. The molecule has 0 bridgehead atoms. The number of hydrogen-bond donors (Lipinski definition) is 0. The van der Waals surface area contributed by atoms with Gasteiger partial charge in [-0.25, -0.2) is 9.97 Å². The predicted octanol–water partition coefficient (Wildman–Crippen LogP) is 9.46. The molecule has 6 aromatic carbocycles. The third kappa shape index (κ3) is 3.14. The molecule has 2 aromatic heterocycles. The predicted molar refractivity (Wildman–Crippen MR) is 162 cm³/mol. The van der Waals surface area contributed by atoms with Gasteiger partial charge in [-0.2, -0.15) is 0 Å². The van der Waals surface area contributed by atoms with Gasteiger partial charge in [0.2, 0.25) is 5.95 Å². The molecule has 3 nitrogen and oxygen atoms in total. The van der Waals surface area contributed by atoms with Gasteiger partial charge in [0, 0.05) is 26.2 Å². The van der Waals surface area contributed by atoms with E-state index in [2.05, 4.69) is 136 Å². The summed E-state index contributed by atoms with van der Waals surface area (Å²) >= 11 is 3.78. The number of nitrogens with zero attached hydrogens (tertiary/aromatic N) is 3. The zero-order valence-electron chi connectivity index (χ0n) is 20.3. The number of aromatic nitrogens is 3. The van der Waals surface area contributed by atoms with E-state index in [0.717, 1.165) is 37.7 Å². The average Bonchev–Trinajstić information content (AvgIpc) is 3.32. The number of hydrogen-bond acceptors (Lipinski definition) is 2. The van der Waals surface area contributed by atoms with Crippen LogP contribution in [0.25, 0.3) is 71.5 Å². The molecule has 0 N–H and O–H groups in total. The topological polar surface area (TPSA) is 30.7 Å². The second-order valence-electron chi connectivity index (χ2n) is 9.60. The summed E-state index contributed by atoms with van der Waals surface area (Å²) in [5, 5.41) is 8.34. The van der Waals surface area contributed by atoms with Gasteiger partial charge in [0.05, 0.1) is 22.2 Å². The molecule has 0 aliphatic heterocycles. The van der Waals surface area contributed by atoms with Gasteiger partial charge in [-0.15, -0.1) is 0 Å². The largest absolute Gasteiger partial charge is 0.278 e. The van der Waals surface area contributed by atoms with Crippen molar-refractivity contribution in [2.24, 2.45) is 0 Å². The molecule has 8 rings (SSSR count). The van der Waals surface area contributed by atoms with Crippen molar-refractivity contribution in [1.82, 2.24) is 14.5 Å². The van der Waals surface area contributed by atoms with E-state index in [0.29, 0.717) is 5.95 Å². The molecule has 0 amide bonds. The smallest absolute Gasteiger partial charge is 0.235 e. The third-order valence-corrected chi connectivity index (χ3v) is 8.12. The summed E-state index contributed by atoms with van der Waals surface area (Å²) in [5.41, 5.74) is 5.09. The van der Waals surface area contributed by atoms with E-state index in [4.69, 9.17) is 9.97 Å². The highest BCUT2D eigenvalue weighted by atomic mass is 79.9. The Kier molecular flexibility index (Phi) is 4.67. The number of benzene rings is 6. The van der Waals surface area contributed by atoms with Crippen LogP contribution in [0, 0.1) is 0 Å². The number of rotatable bonds is 2. The van der Waals surface area contributed by atoms with E-state index >= 15 is 0 Å². The fraction of sp³-hybridized carbons (Fsp3) is 0. The van der Waals surface area contributed by atoms with Crippen molar-refractivity contribution >= 4 is 70.2 Å². The van der Waals surface area contributed by atoms with Gasteiger partial charge < -0.3 is 0 Å². The maximum atomic E-state index is 5.25. The first-order chi connectivity index (χ1) is 18.8. The summed E-state index contributed by atoms with van der Waals surface area (Å²) in [6, 6.07) is 42.6. The van der Waals surface area contributed by atoms with Crippen LogP contribution in [-0.4, -0.2) is 14.5 Å². The zero-order valence-corrected chi connectivity index (χ0v) is 21.9. The lowest BCUT2D eigenvalue weighted by Crippen LogP contribution is -2.03. The second-order valence-corrected chi connectivity index (χ2v) is 10.5. The monoisotopic (exact) mass is 549 g/mol. The van der Waals surface area contributed by atoms with E-state index < -0.39 is 0 Å². The van der Waals surface area contributed by atoms with Crippen LogP contribution in [0.3, 0.4) is 0 Å². The summed E-state index contributed by atoms with van der Waals surface area (Å²) in [7, 11) is 0. The number of halogens is 1. The quantitative estimate of drug-likeness (QED) is 0.201. The molecule has 0 aliphatic rings. The van der Waals surface area contributed by atoms with Gasteiger partial charge in [-0.3, -0.25) is 4.57 Å². The third-order valence-electron chi connectivity index (χ3n) is 7.46. The molecule has 2 heterocycles. The SMILES string of the molecule is Brc1cccc2c1c1ccccc1n2-c1nc(-c2ccc3c(ccc4ccccc43)c2)c2ccccc2n1. The van der Waals surface area contributed by atoms with Crippen molar-refractivity contribution in [2.75, 3.05) is 0 Å². The molecule has 0 atom stereocenters. The Hall–Kier alpha value is -4.54. The summed E-state index contributed by atoms with van der Waals surface area (Å²) in [6.45, 7) is 0. The van der Waals surface area contributed by atoms with Crippen LogP contribution in [0.15, 0.2) is 126 Å². The number of para-hydroxylation sites is 2. The van der Waals surface area contributed by atoms with Crippen LogP contribution in [0.2, 0.25) is 0 Å². The van der Waals surface area contributed by atoms with Crippen molar-refractivity contribution in [3.8, 4) is 17.2 Å². The molecule has 0 saturated carbocycles. The van der Waals surface area contributed by atoms with E-state index in [9.17, 15) is 0 Å². The zero-order chi connectivity index (χ0) is 25.2. The minimum absolute atomic E-state index is 0.668. The van der Waals surface area contributed by atoms with Crippen molar-refractivity contribution < 1.29 is 0 Å². The van der Waals surface area contributed by atoms with Crippen molar-refractivity contribution in [3.05, 3.63) is 126 Å². The first kappa shape index (κ1) is 21.5. The Morgan fingerprint density at radius 2 is 1.24 bits per heavy atom. The Balaban J connectivity index is 1.44. The molecule has 0 unspecified atom stereocenters. The molecule has 0 aliphatic carbocycles. The average molecular weight is 550 g/mol. The molecule has 178 valence electrons. The van der Waals surface area contributed by atoms with Gasteiger partial charge in [0.15, 0.2) is 0 Å². The van der Waals surface area contributed by atoms with Crippen molar-refractivity contribution in [3.63, 3.8) is 0 Å². The molecule has 8 aromatic rings. The standard InChI is InChI=1S/C34H20BrN3/c35-28-12-7-15-31-32(28)27-11-4-6-14-30(27)38(31)34-36-29-13-5-3-10-26(29)33(37-34)23-18-19-25-22(20-23)17-16-21-8-1-2-9-24(21)25/h1-20H. The first-order valence-corrected chi connectivity index (χ1v) is 13.4. The molecular weight excluding hydrogens is 530 g/mol. The summed E-state index contributed by atoms with van der Waals surface area (Å²) in [6.07, 6.45) is 0. The van der Waals surface area contributed by atoms with E-state index in [-0.39, 0.29) is 0 Å². The highest BCUT2D eigenvalue weighted by Gasteiger charge is 2.18. The second kappa shape index (κ2) is 8.23. The van der Waals surface area contributed by atoms with Crippen LogP contribution < -0.4 is 0 Å². The van der Waals surface area contributed by atoms with Crippen LogP contribution in [0.4, 0.5) is 0 Å². The van der Waals surface area contributed by atoms with Gasteiger partial charge in [-0.1, -0.05) is 107 Å². The lowest BCUT2D eigenvalue weighted by atomic mass is 9.98. The minimum atomic E-state index is 0.668. The Morgan fingerprint density at radius 3 is 2.16 bits per heavy atom. The normalized spacial score (nSPS) is 11.8. The molecule has 4 heteroatoms. The Bertz CT molecular complexity index is 2210. The number of fused-ring (bicyclic) bond motifs is 7. The van der Waals surface area contributed by atoms with Crippen LogP contribution >= 0.6 is 15.9 Å². The molecule has 38 heavy (non-hydrogen) atoms. The highest BCUT2D eigenvalue weighted by Crippen LogP contribution is 2.37. The van der Waals surface area contributed by atoms with Gasteiger partial charge in [0.1, 0.15) is 0 Å². The van der Waals surface area contributed by atoms with Gasteiger partial charge >= 0.3 is 0 Å². The highest BCUT2D eigenvalue weighted by molar-refractivity contribution is 9.10. The van der Waals surface area contributed by atoms with Gasteiger partial charge in [0.25, 0.3) is 0 Å². The van der Waals surface area contributed by atoms with Crippen molar-refractivity contribution in [1.29, 1.82) is 0 Å². The van der Waals surface area contributed by atoms with Crippen molar-refractivity contribution in [2.45, 2.75) is 0 Å². The minimum Gasteiger partial charge on any atom is -0.278 e. The molecule has 0 radical (unpaired) electrons. The molecule has 0 spiro atoms. The van der Waals surface area contributed by atoms with Crippen LogP contribution in [0.5, 0.6) is 0 Å². The van der Waals surface area contributed by atoms with Crippen LogP contribution in [-0.2, 0) is 0 Å². The first-order valence-electron chi connectivity index (χ1n) is 12.6. The molecule has 0 saturated heterocycles. The van der Waals surface area contributed by atoms with Gasteiger partial charge in [-0.05, 0) is 51.9 Å². The molecule has 0 fully saturated rings. The fourth-order valence-electron chi connectivity index (χ4n) is 5.74. The molecular formula is C34H20BrN3. The maximum Gasteiger partial charge on any atom is 0.235 e. The lowest BCUT2D eigenvalue weighted by molar-refractivity contribution is 1.01. The fourth-order valence-corrected chi connectivity index (χ4v) is 6.31. The van der Waals surface area contributed by atoms with E-state index in [1.165, 1.54) is 32.3 Å². The van der Waals surface area contributed by atoms with Crippen LogP contribution in [0.1, 0.15) is 0 Å². The lowest BCUT2D eigenvalue weighted by Gasteiger charge is -2.12. The maximum absolute atomic E-state index is 5.25. The Morgan fingerprint density at radius 1 is 0.526 bits per heavy atom. The van der Waals surface area contributed by atoms with E-state index in [1.807, 2.05) is 6.07 Å². The summed E-state index contributed by atoms with van der Waals surface area (Å²) in [4.78, 5) is 10.3.